The summed E-state index contributed by atoms with van der Waals surface area (Å²) in [6.07, 6.45) is 4.96. The SMILES string of the molecule is Cc1cc(C(N)CCCc2ccccc2)co1. The van der Waals surface area contributed by atoms with E-state index in [2.05, 4.69) is 24.3 Å². The van der Waals surface area contributed by atoms with E-state index in [1.54, 1.807) is 6.26 Å². The van der Waals surface area contributed by atoms with Crippen LogP contribution in [0.1, 0.15) is 35.8 Å². The fourth-order valence-electron chi connectivity index (χ4n) is 2.00. The van der Waals surface area contributed by atoms with Gasteiger partial charge in [0.2, 0.25) is 0 Å². The van der Waals surface area contributed by atoms with Crippen molar-refractivity contribution in [2.45, 2.75) is 32.2 Å². The number of rotatable bonds is 5. The fraction of sp³-hybridized carbons (Fsp3) is 0.333. The van der Waals surface area contributed by atoms with Crippen LogP contribution in [0.2, 0.25) is 0 Å². The average molecular weight is 229 g/mol. The second-order valence-electron chi connectivity index (χ2n) is 4.48. The van der Waals surface area contributed by atoms with Gasteiger partial charge in [0.1, 0.15) is 5.76 Å². The van der Waals surface area contributed by atoms with Gasteiger partial charge in [-0.1, -0.05) is 30.3 Å². The molecule has 2 heteroatoms. The van der Waals surface area contributed by atoms with Crippen LogP contribution in [0.15, 0.2) is 47.1 Å². The van der Waals surface area contributed by atoms with Gasteiger partial charge < -0.3 is 10.2 Å². The quantitative estimate of drug-likeness (QED) is 0.850. The fourth-order valence-corrected chi connectivity index (χ4v) is 2.00. The molecule has 0 aliphatic carbocycles. The molecule has 0 amide bonds. The summed E-state index contributed by atoms with van der Waals surface area (Å²) in [5, 5.41) is 0. The highest BCUT2D eigenvalue weighted by Gasteiger charge is 2.08. The van der Waals surface area contributed by atoms with E-state index in [0.717, 1.165) is 30.6 Å². The van der Waals surface area contributed by atoms with Gasteiger partial charge in [-0.15, -0.1) is 0 Å². The minimum atomic E-state index is 0.0937. The third kappa shape index (κ3) is 3.46. The van der Waals surface area contributed by atoms with E-state index in [1.165, 1.54) is 5.56 Å². The molecule has 1 unspecified atom stereocenters. The summed E-state index contributed by atoms with van der Waals surface area (Å²) in [6, 6.07) is 12.6. The lowest BCUT2D eigenvalue weighted by atomic mass is 10.0. The van der Waals surface area contributed by atoms with Crippen LogP contribution in [0.4, 0.5) is 0 Å². The zero-order chi connectivity index (χ0) is 12.1. The van der Waals surface area contributed by atoms with E-state index in [-0.39, 0.29) is 6.04 Å². The second-order valence-corrected chi connectivity index (χ2v) is 4.48. The van der Waals surface area contributed by atoms with Crippen LogP contribution in [0.5, 0.6) is 0 Å². The van der Waals surface area contributed by atoms with Crippen LogP contribution in [0.25, 0.3) is 0 Å². The lowest BCUT2D eigenvalue weighted by Gasteiger charge is -2.08. The summed E-state index contributed by atoms with van der Waals surface area (Å²) >= 11 is 0. The summed E-state index contributed by atoms with van der Waals surface area (Å²) < 4.78 is 5.27. The average Bonchev–Trinajstić information content (AvgIpc) is 2.77. The van der Waals surface area contributed by atoms with Crippen LogP contribution >= 0.6 is 0 Å². The second kappa shape index (κ2) is 5.69. The molecule has 0 fully saturated rings. The summed E-state index contributed by atoms with van der Waals surface area (Å²) in [6.45, 7) is 1.94. The molecule has 0 spiro atoms. The first kappa shape index (κ1) is 11.9. The minimum absolute atomic E-state index is 0.0937. The van der Waals surface area contributed by atoms with Gasteiger partial charge in [-0.2, -0.15) is 0 Å². The van der Waals surface area contributed by atoms with Gasteiger partial charge in [-0.25, -0.2) is 0 Å². The lowest BCUT2D eigenvalue weighted by molar-refractivity contribution is 0.524. The molecule has 0 radical (unpaired) electrons. The first-order valence-corrected chi connectivity index (χ1v) is 6.10. The number of nitrogens with two attached hydrogens (primary N) is 1. The van der Waals surface area contributed by atoms with E-state index in [9.17, 15) is 0 Å². The molecule has 2 N–H and O–H groups in total. The Balaban J connectivity index is 1.79. The van der Waals surface area contributed by atoms with E-state index >= 15 is 0 Å². The van der Waals surface area contributed by atoms with Gasteiger partial charge in [0.05, 0.1) is 6.26 Å². The van der Waals surface area contributed by atoms with Crippen molar-refractivity contribution in [1.29, 1.82) is 0 Å². The van der Waals surface area contributed by atoms with Crippen molar-refractivity contribution >= 4 is 0 Å². The summed E-state index contributed by atoms with van der Waals surface area (Å²) in [5.41, 5.74) is 8.60. The molecule has 1 heterocycles. The number of benzene rings is 1. The molecular weight excluding hydrogens is 210 g/mol. The summed E-state index contributed by atoms with van der Waals surface area (Å²) in [4.78, 5) is 0. The van der Waals surface area contributed by atoms with Gasteiger partial charge in [0.25, 0.3) is 0 Å². The molecule has 2 rings (SSSR count). The largest absolute Gasteiger partial charge is 0.469 e. The molecule has 90 valence electrons. The Morgan fingerprint density at radius 3 is 2.65 bits per heavy atom. The Morgan fingerprint density at radius 1 is 1.24 bits per heavy atom. The highest BCUT2D eigenvalue weighted by molar-refractivity contribution is 5.17. The van der Waals surface area contributed by atoms with Crippen LogP contribution < -0.4 is 5.73 Å². The molecule has 1 atom stereocenters. The summed E-state index contributed by atoms with van der Waals surface area (Å²) in [7, 11) is 0. The van der Waals surface area contributed by atoms with Crippen LogP contribution in [-0.2, 0) is 6.42 Å². The standard InChI is InChI=1S/C15H19NO/c1-12-10-14(11-17-12)15(16)9-5-8-13-6-3-2-4-7-13/h2-4,6-7,10-11,15H,5,8-9,16H2,1H3. The number of hydrogen-bond acceptors (Lipinski definition) is 2. The number of aryl methyl sites for hydroxylation is 2. The van der Waals surface area contributed by atoms with Crippen molar-refractivity contribution in [1.82, 2.24) is 0 Å². The first-order valence-electron chi connectivity index (χ1n) is 6.10. The topological polar surface area (TPSA) is 39.2 Å². The lowest BCUT2D eigenvalue weighted by Crippen LogP contribution is -2.09. The van der Waals surface area contributed by atoms with Gasteiger partial charge in [0.15, 0.2) is 0 Å². The third-order valence-electron chi connectivity index (χ3n) is 3.00. The minimum Gasteiger partial charge on any atom is -0.469 e. The predicted octanol–water partition coefficient (Wildman–Crippen LogP) is 3.61. The first-order chi connectivity index (χ1) is 8.25. The van der Waals surface area contributed by atoms with Crippen molar-refractivity contribution in [3.8, 4) is 0 Å². The molecule has 0 bridgehead atoms. The van der Waals surface area contributed by atoms with E-state index in [0.29, 0.717) is 0 Å². The Kier molecular flexibility index (Phi) is 3.99. The maximum atomic E-state index is 6.11. The molecule has 2 aromatic rings. The van der Waals surface area contributed by atoms with Crippen molar-refractivity contribution in [3.63, 3.8) is 0 Å². The Morgan fingerprint density at radius 2 is 2.00 bits per heavy atom. The Bertz CT molecular complexity index is 447. The monoisotopic (exact) mass is 229 g/mol. The molecule has 17 heavy (non-hydrogen) atoms. The Labute approximate surface area is 102 Å². The smallest absolute Gasteiger partial charge is 0.101 e. The maximum Gasteiger partial charge on any atom is 0.101 e. The highest BCUT2D eigenvalue weighted by Crippen LogP contribution is 2.19. The van der Waals surface area contributed by atoms with E-state index in [4.69, 9.17) is 10.2 Å². The van der Waals surface area contributed by atoms with Crippen molar-refractivity contribution in [3.05, 3.63) is 59.5 Å². The van der Waals surface area contributed by atoms with Crippen molar-refractivity contribution < 1.29 is 4.42 Å². The number of hydrogen-bond donors (Lipinski definition) is 1. The summed E-state index contributed by atoms with van der Waals surface area (Å²) in [5.74, 6) is 0.929. The van der Waals surface area contributed by atoms with Crippen LogP contribution in [-0.4, -0.2) is 0 Å². The van der Waals surface area contributed by atoms with E-state index in [1.807, 2.05) is 19.1 Å². The molecule has 0 aliphatic rings. The normalized spacial score (nSPS) is 12.6. The van der Waals surface area contributed by atoms with Gasteiger partial charge >= 0.3 is 0 Å². The molecule has 0 saturated heterocycles. The predicted molar refractivity (Wildman–Crippen MR) is 69.8 cm³/mol. The van der Waals surface area contributed by atoms with Crippen LogP contribution in [0.3, 0.4) is 0 Å². The van der Waals surface area contributed by atoms with Crippen molar-refractivity contribution in [2.24, 2.45) is 5.73 Å². The maximum absolute atomic E-state index is 6.11. The molecule has 1 aromatic heterocycles. The molecule has 0 aliphatic heterocycles. The van der Waals surface area contributed by atoms with Gasteiger partial charge in [0, 0.05) is 11.6 Å². The van der Waals surface area contributed by atoms with Gasteiger partial charge in [-0.05, 0) is 37.8 Å². The Hall–Kier alpha value is -1.54. The third-order valence-corrected chi connectivity index (χ3v) is 3.00. The van der Waals surface area contributed by atoms with E-state index < -0.39 is 0 Å². The molecule has 1 aromatic carbocycles. The van der Waals surface area contributed by atoms with Crippen LogP contribution in [0, 0.1) is 6.92 Å². The highest BCUT2D eigenvalue weighted by atomic mass is 16.3. The van der Waals surface area contributed by atoms with Gasteiger partial charge in [-0.3, -0.25) is 0 Å². The molecular formula is C15H19NO. The number of furan rings is 1. The van der Waals surface area contributed by atoms with Crippen molar-refractivity contribution in [2.75, 3.05) is 0 Å². The molecule has 0 saturated carbocycles. The zero-order valence-corrected chi connectivity index (χ0v) is 10.2. The molecule has 2 nitrogen and oxygen atoms in total. The zero-order valence-electron chi connectivity index (χ0n) is 10.2.